The molecule has 0 spiro atoms. The highest BCUT2D eigenvalue weighted by Gasteiger charge is 2.45. The number of amides is 1. The van der Waals surface area contributed by atoms with Crippen LogP contribution in [0.1, 0.15) is 20.3 Å². The summed E-state index contributed by atoms with van der Waals surface area (Å²) in [5.74, 6) is -4.17. The van der Waals surface area contributed by atoms with Gasteiger partial charge in [-0.3, -0.25) is 19.7 Å². The predicted molar refractivity (Wildman–Crippen MR) is 136 cm³/mol. The molecule has 8 nitrogen and oxygen atoms in total. The van der Waals surface area contributed by atoms with E-state index in [2.05, 4.69) is 26.9 Å². The number of nitrogens with one attached hydrogen (secondary N) is 1. The molecular weight excluding hydrogens is 590 g/mol. The highest BCUT2D eigenvalue weighted by Crippen LogP contribution is 2.29. The van der Waals surface area contributed by atoms with Crippen LogP contribution in [0.25, 0.3) is 0 Å². The van der Waals surface area contributed by atoms with Crippen LogP contribution in [0.2, 0.25) is 0 Å². The second-order valence-corrected chi connectivity index (χ2v) is 10.9. The van der Waals surface area contributed by atoms with Crippen molar-refractivity contribution < 1.29 is 48.3 Å². The van der Waals surface area contributed by atoms with Gasteiger partial charge in [0.1, 0.15) is 17.9 Å². The molecule has 1 aliphatic rings. The molecule has 1 amide bonds. The number of hydrogen-bond donors (Lipinski definition) is 1. The van der Waals surface area contributed by atoms with Crippen molar-refractivity contribution in [2.24, 2.45) is 15.0 Å². The van der Waals surface area contributed by atoms with E-state index in [9.17, 15) is 48.3 Å². The molecular formula is C24H27F8N5O3S. The summed E-state index contributed by atoms with van der Waals surface area (Å²) < 4.78 is 131. The van der Waals surface area contributed by atoms with E-state index in [1.54, 1.807) is 0 Å². The molecule has 0 radical (unpaired) electrons. The zero-order valence-electron chi connectivity index (χ0n) is 21.8. The van der Waals surface area contributed by atoms with Gasteiger partial charge in [0.05, 0.1) is 29.1 Å². The molecule has 41 heavy (non-hydrogen) atoms. The molecule has 1 aliphatic heterocycles. The summed E-state index contributed by atoms with van der Waals surface area (Å²) >= 11 is 0. The minimum atomic E-state index is -4.98. The van der Waals surface area contributed by atoms with Gasteiger partial charge in [-0.05, 0) is 38.1 Å². The van der Waals surface area contributed by atoms with Gasteiger partial charge in [0.15, 0.2) is 9.84 Å². The Hall–Kier alpha value is -3.21. The van der Waals surface area contributed by atoms with Crippen molar-refractivity contribution in [1.29, 1.82) is 0 Å². The average Bonchev–Trinajstić information content (AvgIpc) is 3.13. The fraction of sp³-hybridized carbons (Fsp3) is 0.500. The minimum absolute atomic E-state index is 0.299. The summed E-state index contributed by atoms with van der Waals surface area (Å²) in [5, 5.41) is 2.24. The third-order valence-corrected chi connectivity index (χ3v) is 7.50. The van der Waals surface area contributed by atoms with Gasteiger partial charge in [0, 0.05) is 31.4 Å². The summed E-state index contributed by atoms with van der Waals surface area (Å²) in [5.41, 5.74) is -1.37. The van der Waals surface area contributed by atoms with Crippen LogP contribution in [0.5, 0.6) is 0 Å². The summed E-state index contributed by atoms with van der Waals surface area (Å²) in [4.78, 5) is 23.7. The molecule has 1 heterocycles. The van der Waals surface area contributed by atoms with Gasteiger partial charge in [-0.25, -0.2) is 22.2 Å². The zero-order valence-corrected chi connectivity index (χ0v) is 22.6. The van der Waals surface area contributed by atoms with Gasteiger partial charge >= 0.3 is 12.4 Å². The molecule has 17 heteroatoms. The SMILES string of the molecule is C=C(C=NCC(C=NC(=NCC)C(F)(F)F)NC(=O)[C@@H]1C[C@@H](F)[C@H](C)N1CS(=O)(=O)c1ccc(F)cc1)C(F)(F)F. The number of hydrogen-bond acceptors (Lipinski definition) is 6. The molecule has 2 rings (SSSR count). The first-order chi connectivity index (χ1) is 18.9. The first-order valence-electron chi connectivity index (χ1n) is 12.0. The predicted octanol–water partition coefficient (Wildman–Crippen LogP) is 4.08. The molecule has 4 atom stereocenters. The number of alkyl halides is 7. The van der Waals surface area contributed by atoms with Crippen LogP contribution in [0, 0.1) is 5.82 Å². The molecule has 228 valence electrons. The Morgan fingerprint density at radius 2 is 1.78 bits per heavy atom. The Labute approximate surface area is 230 Å². The fourth-order valence-corrected chi connectivity index (χ4v) is 5.20. The largest absolute Gasteiger partial charge is 0.451 e. The molecule has 0 bridgehead atoms. The Morgan fingerprint density at radius 1 is 1.17 bits per heavy atom. The van der Waals surface area contributed by atoms with Crippen molar-refractivity contribution in [3.05, 3.63) is 42.2 Å². The van der Waals surface area contributed by atoms with E-state index >= 15 is 0 Å². The second kappa shape index (κ2) is 13.6. The van der Waals surface area contributed by atoms with Crippen LogP contribution in [-0.2, 0) is 14.6 Å². The topological polar surface area (TPSA) is 104 Å². The number of sulfone groups is 1. The van der Waals surface area contributed by atoms with Crippen molar-refractivity contribution in [1.82, 2.24) is 10.2 Å². The number of benzene rings is 1. The van der Waals surface area contributed by atoms with Crippen LogP contribution in [0.3, 0.4) is 0 Å². The highest BCUT2D eigenvalue weighted by molar-refractivity contribution is 7.91. The Morgan fingerprint density at radius 3 is 2.32 bits per heavy atom. The first kappa shape index (κ1) is 34.0. The van der Waals surface area contributed by atoms with Crippen molar-refractivity contribution in [3.8, 4) is 0 Å². The van der Waals surface area contributed by atoms with Crippen molar-refractivity contribution >= 4 is 34.0 Å². The van der Waals surface area contributed by atoms with E-state index in [-0.39, 0.29) is 11.4 Å². The normalized spacial score (nSPS) is 22.0. The number of likely N-dealkylation sites (tertiary alicyclic amines) is 1. The number of rotatable bonds is 10. The van der Waals surface area contributed by atoms with Gasteiger partial charge in [-0.15, -0.1) is 0 Å². The maximum Gasteiger partial charge on any atom is 0.451 e. The summed E-state index contributed by atoms with van der Waals surface area (Å²) in [6.45, 7) is 4.37. The molecule has 1 saturated heterocycles. The average molecular weight is 618 g/mol. The van der Waals surface area contributed by atoms with Crippen LogP contribution < -0.4 is 5.32 Å². The van der Waals surface area contributed by atoms with Crippen LogP contribution in [-0.4, -0.2) is 93.1 Å². The van der Waals surface area contributed by atoms with E-state index in [0.717, 1.165) is 29.2 Å². The lowest BCUT2D eigenvalue weighted by molar-refractivity contribution is -0.125. The van der Waals surface area contributed by atoms with Gasteiger partial charge in [-0.1, -0.05) is 6.58 Å². The van der Waals surface area contributed by atoms with E-state index in [1.165, 1.54) is 13.8 Å². The van der Waals surface area contributed by atoms with Crippen LogP contribution in [0.15, 0.2) is 56.3 Å². The third-order valence-electron chi connectivity index (χ3n) is 5.87. The lowest BCUT2D eigenvalue weighted by atomic mass is 10.1. The standard InChI is InChI=1S/C24H27F8N5O3S/c1-4-34-22(24(30,31)32)35-12-17(11-33-10-14(2)23(27,28)29)36-21(38)20-9-19(26)15(3)37(20)13-41(39,40)18-7-5-16(25)6-8-18/h5-8,10,12,15,17,19-20H,2,4,9,11,13H2,1,3H3,(H,36,38)/t15-,17?,19+,20-/m0/s1. The third kappa shape index (κ3) is 9.69. The molecule has 1 fully saturated rings. The molecule has 0 aromatic heterocycles. The molecule has 1 aromatic carbocycles. The smallest absolute Gasteiger partial charge is 0.345 e. The summed E-state index contributed by atoms with van der Waals surface area (Å²) in [7, 11) is -4.19. The fourth-order valence-electron chi connectivity index (χ4n) is 3.69. The second-order valence-electron chi connectivity index (χ2n) is 8.93. The van der Waals surface area contributed by atoms with Crippen LogP contribution in [0.4, 0.5) is 35.1 Å². The van der Waals surface area contributed by atoms with E-state index in [4.69, 9.17) is 0 Å². The summed E-state index contributed by atoms with van der Waals surface area (Å²) in [6.07, 6.45) is -11.1. The van der Waals surface area contributed by atoms with E-state index < -0.39 is 88.5 Å². The number of allylic oxidation sites excluding steroid dienone is 1. The Balaban J connectivity index is 2.33. The van der Waals surface area contributed by atoms with Gasteiger partial charge < -0.3 is 5.32 Å². The maximum atomic E-state index is 14.6. The van der Waals surface area contributed by atoms with Crippen molar-refractivity contribution in [3.63, 3.8) is 0 Å². The maximum absolute atomic E-state index is 14.6. The number of nitrogens with zero attached hydrogens (tertiary/aromatic N) is 4. The Bertz CT molecular complexity index is 1280. The van der Waals surface area contributed by atoms with E-state index in [1.807, 2.05) is 0 Å². The quantitative estimate of drug-likeness (QED) is 0.185. The molecule has 1 N–H and O–H groups in total. The number of halogens is 8. The first-order valence-corrected chi connectivity index (χ1v) is 13.6. The number of carbonyl (C=O) groups excluding carboxylic acids is 1. The number of amidine groups is 1. The Kier molecular flexibility index (Phi) is 11.3. The molecule has 0 aliphatic carbocycles. The van der Waals surface area contributed by atoms with Gasteiger partial charge in [0.2, 0.25) is 11.7 Å². The highest BCUT2D eigenvalue weighted by atomic mass is 32.2. The number of carbonyl (C=O) groups is 1. The van der Waals surface area contributed by atoms with Gasteiger partial charge in [-0.2, -0.15) is 26.3 Å². The monoisotopic (exact) mass is 617 g/mol. The van der Waals surface area contributed by atoms with E-state index in [0.29, 0.717) is 12.4 Å². The molecule has 1 aromatic rings. The van der Waals surface area contributed by atoms with Crippen molar-refractivity contribution in [2.75, 3.05) is 19.0 Å². The molecule has 0 saturated carbocycles. The molecule has 1 unspecified atom stereocenters. The van der Waals surface area contributed by atoms with Gasteiger partial charge in [0.25, 0.3) is 0 Å². The lowest BCUT2D eigenvalue weighted by Crippen LogP contribution is -2.51. The van der Waals surface area contributed by atoms with Crippen LogP contribution >= 0.6 is 0 Å². The lowest BCUT2D eigenvalue weighted by Gasteiger charge is -2.28. The minimum Gasteiger partial charge on any atom is -0.345 e. The summed E-state index contributed by atoms with van der Waals surface area (Å²) in [6, 6.07) is -0.282. The van der Waals surface area contributed by atoms with Crippen molar-refractivity contribution in [2.45, 2.75) is 61.8 Å². The zero-order chi connectivity index (χ0) is 31.2. The number of aliphatic imine (C=N–C) groups is 3.